The van der Waals surface area contributed by atoms with E-state index < -0.39 is 0 Å². The molecule has 168 valence electrons. The Morgan fingerprint density at radius 2 is 1.94 bits per heavy atom. The molecule has 0 spiro atoms. The molecule has 31 heavy (non-hydrogen) atoms. The molecule has 4 rings (SSSR count). The highest BCUT2D eigenvalue weighted by atomic mass is 127. The molecule has 0 radical (unpaired) electrons. The average Bonchev–Trinajstić information content (AvgIpc) is 3.63. The van der Waals surface area contributed by atoms with E-state index in [1.54, 1.807) is 7.11 Å². The lowest BCUT2D eigenvalue weighted by Gasteiger charge is -2.38. The molecule has 0 bridgehead atoms. The van der Waals surface area contributed by atoms with Crippen molar-refractivity contribution in [3.8, 4) is 11.6 Å². The van der Waals surface area contributed by atoms with Gasteiger partial charge in [-0.05, 0) is 42.5 Å². The maximum atomic E-state index is 5.80. The number of methoxy groups -OCH3 is 1. The van der Waals surface area contributed by atoms with Gasteiger partial charge >= 0.3 is 0 Å². The summed E-state index contributed by atoms with van der Waals surface area (Å²) in [5.74, 6) is 3.28. The van der Waals surface area contributed by atoms with Crippen LogP contribution in [0.5, 0.6) is 11.6 Å². The van der Waals surface area contributed by atoms with Gasteiger partial charge in [-0.25, -0.2) is 4.98 Å². The predicted octanol–water partition coefficient (Wildman–Crippen LogP) is 3.39. The first-order valence-electron chi connectivity index (χ1n) is 10.7. The fourth-order valence-electron chi connectivity index (χ4n) is 3.69. The second kappa shape index (κ2) is 11.4. The van der Waals surface area contributed by atoms with Crippen molar-refractivity contribution in [2.75, 3.05) is 51.8 Å². The van der Waals surface area contributed by atoms with Crippen LogP contribution in [-0.4, -0.2) is 62.8 Å². The van der Waals surface area contributed by atoms with E-state index in [9.17, 15) is 0 Å². The molecule has 0 amide bonds. The topological polar surface area (TPSA) is 62.2 Å². The maximum Gasteiger partial charge on any atom is 0.213 e. The van der Waals surface area contributed by atoms with Gasteiger partial charge in [0.25, 0.3) is 0 Å². The van der Waals surface area contributed by atoms with E-state index >= 15 is 0 Å². The number of ether oxygens (including phenoxy) is 2. The second-order valence-corrected chi connectivity index (χ2v) is 7.80. The molecule has 0 atom stereocenters. The third-order valence-corrected chi connectivity index (χ3v) is 5.63. The first-order valence-corrected chi connectivity index (χ1v) is 10.7. The van der Waals surface area contributed by atoms with Gasteiger partial charge in [0.2, 0.25) is 5.88 Å². The molecule has 1 aromatic carbocycles. The number of pyridine rings is 1. The monoisotopic (exact) mass is 537 g/mol. The number of para-hydroxylation sites is 2. The lowest BCUT2D eigenvalue weighted by Crippen LogP contribution is -2.52. The number of rotatable bonds is 7. The van der Waals surface area contributed by atoms with Crippen molar-refractivity contribution >= 4 is 35.6 Å². The first-order chi connectivity index (χ1) is 14.8. The summed E-state index contributed by atoms with van der Waals surface area (Å²) in [5, 5.41) is 3.49. The van der Waals surface area contributed by atoms with Crippen LogP contribution in [0.3, 0.4) is 0 Å². The summed E-state index contributed by atoms with van der Waals surface area (Å²) in [6.45, 7) is 5.14. The zero-order chi connectivity index (χ0) is 20.8. The Morgan fingerprint density at radius 3 is 2.65 bits per heavy atom. The van der Waals surface area contributed by atoms with Gasteiger partial charge in [-0.2, -0.15) is 0 Å². The smallest absolute Gasteiger partial charge is 0.213 e. The average molecular weight is 537 g/mol. The van der Waals surface area contributed by atoms with E-state index in [-0.39, 0.29) is 24.0 Å². The number of hydrogen-bond acceptors (Lipinski definition) is 5. The van der Waals surface area contributed by atoms with Crippen LogP contribution in [0, 0.1) is 5.92 Å². The first kappa shape index (κ1) is 23.4. The van der Waals surface area contributed by atoms with E-state index in [0.29, 0.717) is 12.4 Å². The van der Waals surface area contributed by atoms with Crippen LogP contribution in [0.2, 0.25) is 0 Å². The summed E-state index contributed by atoms with van der Waals surface area (Å²) in [4.78, 5) is 13.5. The number of nitrogens with zero attached hydrogens (tertiary/aromatic N) is 4. The molecule has 1 N–H and O–H groups in total. The fraction of sp³-hybridized carbons (Fsp3) is 0.478. The number of aliphatic imine (C=N–C) groups is 1. The maximum absolute atomic E-state index is 5.80. The summed E-state index contributed by atoms with van der Waals surface area (Å²) in [5.41, 5.74) is 2.29. The zero-order valence-electron chi connectivity index (χ0n) is 18.3. The molecule has 2 aromatic rings. The lowest BCUT2D eigenvalue weighted by atomic mass is 10.2. The number of benzene rings is 1. The second-order valence-electron chi connectivity index (χ2n) is 7.80. The summed E-state index contributed by atoms with van der Waals surface area (Å²) in [6, 6.07) is 12.2. The van der Waals surface area contributed by atoms with Gasteiger partial charge in [0.1, 0.15) is 5.75 Å². The van der Waals surface area contributed by atoms with Gasteiger partial charge in [-0.3, -0.25) is 4.99 Å². The van der Waals surface area contributed by atoms with Crippen molar-refractivity contribution in [2.24, 2.45) is 10.9 Å². The van der Waals surface area contributed by atoms with Crippen molar-refractivity contribution < 1.29 is 9.47 Å². The van der Waals surface area contributed by atoms with Gasteiger partial charge in [-0.15, -0.1) is 24.0 Å². The van der Waals surface area contributed by atoms with Crippen molar-refractivity contribution in [1.29, 1.82) is 0 Å². The Bertz CT molecular complexity index is 867. The minimum absolute atomic E-state index is 0. The minimum Gasteiger partial charge on any atom is -0.495 e. The van der Waals surface area contributed by atoms with Crippen LogP contribution in [0.25, 0.3) is 0 Å². The Labute approximate surface area is 201 Å². The normalized spacial score (nSPS) is 16.5. The van der Waals surface area contributed by atoms with E-state index in [2.05, 4.69) is 37.2 Å². The molecule has 1 saturated carbocycles. The third kappa shape index (κ3) is 6.38. The standard InChI is InChI=1S/C23H31N5O2.HI/c1-24-23(26-16-19-9-10-25-22(15-19)30-17-18-7-8-18)28-13-11-27(12-14-28)20-5-3-4-6-21(20)29-2;/h3-6,9-10,15,18H,7-8,11-14,16-17H2,1-2H3,(H,24,26);1H. The van der Waals surface area contributed by atoms with E-state index in [0.717, 1.165) is 61.7 Å². The molecule has 2 fully saturated rings. The molecule has 1 aromatic heterocycles. The molecule has 2 aliphatic rings. The van der Waals surface area contributed by atoms with Gasteiger partial charge in [0.05, 0.1) is 19.4 Å². The van der Waals surface area contributed by atoms with Gasteiger partial charge in [0.15, 0.2) is 5.96 Å². The largest absolute Gasteiger partial charge is 0.495 e. The quantitative estimate of drug-likeness (QED) is 0.332. The van der Waals surface area contributed by atoms with E-state index in [1.807, 2.05) is 37.5 Å². The summed E-state index contributed by atoms with van der Waals surface area (Å²) < 4.78 is 11.3. The SMILES string of the molecule is CN=C(NCc1ccnc(OCC2CC2)c1)N1CCN(c2ccccc2OC)CC1.I. The fourth-order valence-corrected chi connectivity index (χ4v) is 3.69. The number of nitrogens with one attached hydrogen (secondary N) is 1. The van der Waals surface area contributed by atoms with E-state index in [4.69, 9.17) is 9.47 Å². The number of piperazine rings is 1. The van der Waals surface area contributed by atoms with Crippen molar-refractivity contribution in [1.82, 2.24) is 15.2 Å². The van der Waals surface area contributed by atoms with Crippen LogP contribution >= 0.6 is 24.0 Å². The minimum atomic E-state index is 0. The Balaban J connectivity index is 0.00000272. The molecular weight excluding hydrogens is 505 g/mol. The third-order valence-electron chi connectivity index (χ3n) is 5.63. The Morgan fingerprint density at radius 1 is 1.16 bits per heavy atom. The molecule has 1 aliphatic carbocycles. The molecule has 2 heterocycles. The number of hydrogen-bond donors (Lipinski definition) is 1. The zero-order valence-corrected chi connectivity index (χ0v) is 20.6. The molecular formula is C23H32IN5O2. The van der Waals surface area contributed by atoms with Crippen LogP contribution in [-0.2, 0) is 6.54 Å². The van der Waals surface area contributed by atoms with Gasteiger partial charge in [-0.1, -0.05) is 12.1 Å². The number of halogens is 1. The summed E-state index contributed by atoms with van der Waals surface area (Å²) >= 11 is 0. The highest BCUT2D eigenvalue weighted by molar-refractivity contribution is 14.0. The Hall–Kier alpha value is -2.23. The van der Waals surface area contributed by atoms with Crippen LogP contribution < -0.4 is 19.7 Å². The molecule has 7 nitrogen and oxygen atoms in total. The van der Waals surface area contributed by atoms with Crippen molar-refractivity contribution in [3.63, 3.8) is 0 Å². The predicted molar refractivity (Wildman–Crippen MR) is 135 cm³/mol. The Kier molecular flexibility index (Phi) is 8.62. The van der Waals surface area contributed by atoms with Crippen molar-refractivity contribution in [2.45, 2.75) is 19.4 Å². The summed E-state index contributed by atoms with van der Waals surface area (Å²) in [6.07, 6.45) is 4.37. The van der Waals surface area contributed by atoms with Gasteiger partial charge < -0.3 is 24.6 Å². The molecule has 8 heteroatoms. The number of anilines is 1. The van der Waals surface area contributed by atoms with Crippen molar-refractivity contribution in [3.05, 3.63) is 48.2 Å². The molecule has 1 aliphatic heterocycles. The van der Waals surface area contributed by atoms with Gasteiger partial charge in [0, 0.05) is 52.0 Å². The van der Waals surface area contributed by atoms with Crippen LogP contribution in [0.4, 0.5) is 5.69 Å². The van der Waals surface area contributed by atoms with Crippen LogP contribution in [0.1, 0.15) is 18.4 Å². The van der Waals surface area contributed by atoms with Crippen LogP contribution in [0.15, 0.2) is 47.6 Å². The highest BCUT2D eigenvalue weighted by Crippen LogP contribution is 2.29. The summed E-state index contributed by atoms with van der Waals surface area (Å²) in [7, 11) is 3.56. The highest BCUT2D eigenvalue weighted by Gasteiger charge is 2.23. The number of aromatic nitrogens is 1. The van der Waals surface area contributed by atoms with E-state index in [1.165, 1.54) is 12.8 Å². The molecule has 1 saturated heterocycles. The molecule has 0 unspecified atom stereocenters. The lowest BCUT2D eigenvalue weighted by molar-refractivity contribution is 0.288. The number of guanidine groups is 1.